The third kappa shape index (κ3) is 2.07. The Bertz CT molecular complexity index is 182. The second-order valence-corrected chi connectivity index (χ2v) is 4.04. The number of rotatable bonds is 2. The molecule has 1 aliphatic rings. The lowest BCUT2D eigenvalue weighted by Gasteiger charge is -2.41. The highest BCUT2D eigenvalue weighted by atomic mass is 16.5. The molecule has 0 radical (unpaired) electrons. The van der Waals surface area contributed by atoms with E-state index in [1.165, 1.54) is 0 Å². The highest BCUT2D eigenvalue weighted by Gasteiger charge is 2.44. The maximum absolute atomic E-state index is 9.57. The van der Waals surface area contributed by atoms with Crippen LogP contribution in [0.3, 0.4) is 0 Å². The van der Waals surface area contributed by atoms with Crippen LogP contribution in [0.25, 0.3) is 0 Å². The number of aliphatic hydroxyl groups is 4. The molecule has 1 fully saturated rings. The fraction of sp³-hybridized carbons (Fsp3) is 1.00. The summed E-state index contributed by atoms with van der Waals surface area (Å²) >= 11 is 0. The van der Waals surface area contributed by atoms with Crippen molar-refractivity contribution in [2.45, 2.75) is 44.4 Å². The van der Waals surface area contributed by atoms with Gasteiger partial charge >= 0.3 is 0 Å². The molecule has 1 aliphatic heterocycles. The molecule has 0 aromatic carbocycles. The van der Waals surface area contributed by atoms with Crippen molar-refractivity contribution in [3.63, 3.8) is 0 Å². The summed E-state index contributed by atoms with van der Waals surface area (Å²) < 4.78 is 5.28. The van der Waals surface area contributed by atoms with Gasteiger partial charge in [0.15, 0.2) is 0 Å². The van der Waals surface area contributed by atoms with Crippen LogP contribution in [0.4, 0.5) is 0 Å². The van der Waals surface area contributed by atoms with Crippen LogP contribution in [0.1, 0.15) is 13.8 Å². The molecule has 5 nitrogen and oxygen atoms in total. The van der Waals surface area contributed by atoms with Gasteiger partial charge in [-0.05, 0) is 5.92 Å². The van der Waals surface area contributed by atoms with Crippen LogP contribution in [0, 0.1) is 5.92 Å². The van der Waals surface area contributed by atoms with E-state index < -0.39 is 30.5 Å². The predicted molar refractivity (Wildman–Crippen MR) is 48.6 cm³/mol. The highest BCUT2D eigenvalue weighted by molar-refractivity contribution is 4.92. The van der Waals surface area contributed by atoms with E-state index in [2.05, 4.69) is 0 Å². The summed E-state index contributed by atoms with van der Waals surface area (Å²) in [7, 11) is 0. The van der Waals surface area contributed by atoms with Crippen LogP contribution >= 0.6 is 0 Å². The fourth-order valence-corrected chi connectivity index (χ4v) is 1.68. The second-order valence-electron chi connectivity index (χ2n) is 4.04. The van der Waals surface area contributed by atoms with E-state index >= 15 is 0 Å². The fourth-order valence-electron chi connectivity index (χ4n) is 1.68. The van der Waals surface area contributed by atoms with Crippen molar-refractivity contribution < 1.29 is 25.2 Å². The van der Waals surface area contributed by atoms with E-state index in [0.29, 0.717) is 0 Å². The van der Waals surface area contributed by atoms with Crippen LogP contribution in [0.15, 0.2) is 0 Å². The molecule has 0 spiro atoms. The third-order valence-corrected chi connectivity index (χ3v) is 2.59. The van der Waals surface area contributed by atoms with Crippen molar-refractivity contribution in [2.75, 3.05) is 6.61 Å². The van der Waals surface area contributed by atoms with Gasteiger partial charge in [-0.3, -0.25) is 0 Å². The summed E-state index contributed by atoms with van der Waals surface area (Å²) in [6.07, 6.45) is -4.96. The van der Waals surface area contributed by atoms with E-state index in [9.17, 15) is 15.3 Å². The molecule has 0 aliphatic carbocycles. The maximum Gasteiger partial charge on any atom is 0.111 e. The molecule has 5 atom stereocenters. The van der Waals surface area contributed by atoms with E-state index in [0.717, 1.165) is 0 Å². The topological polar surface area (TPSA) is 90.2 Å². The standard InChI is InChI=1S/C9H18O5/c1-4(2)9-8(13)7(12)6(11)5(3-10)14-9/h4-13H,3H2,1-2H3/t5?,6-,7+,8?,9-/m1/s1. The van der Waals surface area contributed by atoms with Gasteiger partial charge in [-0.25, -0.2) is 0 Å². The van der Waals surface area contributed by atoms with Crippen LogP contribution in [0.2, 0.25) is 0 Å². The van der Waals surface area contributed by atoms with Crippen molar-refractivity contribution >= 4 is 0 Å². The Kier molecular flexibility index (Phi) is 3.86. The average Bonchev–Trinajstić information content (AvgIpc) is 2.14. The maximum atomic E-state index is 9.57. The number of aliphatic hydroxyl groups excluding tert-OH is 4. The van der Waals surface area contributed by atoms with Gasteiger partial charge in [0.1, 0.15) is 24.4 Å². The van der Waals surface area contributed by atoms with Crippen LogP contribution in [-0.4, -0.2) is 57.6 Å². The Morgan fingerprint density at radius 2 is 1.64 bits per heavy atom. The Labute approximate surface area is 82.9 Å². The molecular formula is C9H18O5. The van der Waals surface area contributed by atoms with Crippen molar-refractivity contribution in [3.8, 4) is 0 Å². The summed E-state index contributed by atoms with van der Waals surface area (Å²) in [5.41, 5.74) is 0. The van der Waals surface area contributed by atoms with Crippen molar-refractivity contribution in [3.05, 3.63) is 0 Å². The van der Waals surface area contributed by atoms with Crippen LogP contribution in [-0.2, 0) is 4.74 Å². The first-order chi connectivity index (χ1) is 6.49. The van der Waals surface area contributed by atoms with E-state index in [-0.39, 0.29) is 12.5 Å². The first-order valence-corrected chi connectivity index (χ1v) is 4.79. The zero-order valence-corrected chi connectivity index (χ0v) is 8.37. The molecular weight excluding hydrogens is 188 g/mol. The molecule has 1 heterocycles. The Morgan fingerprint density at radius 3 is 2.07 bits per heavy atom. The molecule has 5 heteroatoms. The molecule has 0 aromatic heterocycles. The van der Waals surface area contributed by atoms with Crippen molar-refractivity contribution in [1.82, 2.24) is 0 Å². The molecule has 14 heavy (non-hydrogen) atoms. The van der Waals surface area contributed by atoms with Crippen molar-refractivity contribution in [1.29, 1.82) is 0 Å². The minimum Gasteiger partial charge on any atom is -0.394 e. The van der Waals surface area contributed by atoms with Gasteiger partial charge < -0.3 is 25.2 Å². The zero-order chi connectivity index (χ0) is 10.9. The summed E-state index contributed by atoms with van der Waals surface area (Å²) in [6, 6.07) is 0. The molecule has 4 N–H and O–H groups in total. The quantitative estimate of drug-likeness (QED) is 0.441. The normalized spacial score (nSPS) is 44.4. The average molecular weight is 206 g/mol. The van der Waals surface area contributed by atoms with Crippen LogP contribution in [0.5, 0.6) is 0 Å². The summed E-state index contributed by atoms with van der Waals surface area (Å²) in [5, 5.41) is 37.4. The molecule has 0 bridgehead atoms. The molecule has 1 rings (SSSR count). The monoisotopic (exact) mass is 206 g/mol. The molecule has 0 saturated carbocycles. The van der Waals surface area contributed by atoms with Gasteiger partial charge in [0.05, 0.1) is 12.7 Å². The molecule has 2 unspecified atom stereocenters. The van der Waals surface area contributed by atoms with E-state index in [4.69, 9.17) is 9.84 Å². The smallest absolute Gasteiger partial charge is 0.111 e. The van der Waals surface area contributed by atoms with E-state index in [1.807, 2.05) is 13.8 Å². The largest absolute Gasteiger partial charge is 0.394 e. The summed E-state index contributed by atoms with van der Waals surface area (Å²) in [4.78, 5) is 0. The highest BCUT2D eigenvalue weighted by Crippen LogP contribution is 2.25. The van der Waals surface area contributed by atoms with Gasteiger partial charge in [0, 0.05) is 0 Å². The molecule has 84 valence electrons. The van der Waals surface area contributed by atoms with Gasteiger partial charge in [0.25, 0.3) is 0 Å². The van der Waals surface area contributed by atoms with E-state index in [1.54, 1.807) is 0 Å². The lowest BCUT2D eigenvalue weighted by molar-refractivity contribution is -0.238. The van der Waals surface area contributed by atoms with Gasteiger partial charge in [-0.1, -0.05) is 13.8 Å². The number of hydrogen-bond acceptors (Lipinski definition) is 5. The van der Waals surface area contributed by atoms with Crippen LogP contribution < -0.4 is 0 Å². The van der Waals surface area contributed by atoms with Gasteiger partial charge in [-0.2, -0.15) is 0 Å². The van der Waals surface area contributed by atoms with Gasteiger partial charge in [-0.15, -0.1) is 0 Å². The summed E-state index contributed by atoms with van der Waals surface area (Å²) in [5.74, 6) is 0.0150. The van der Waals surface area contributed by atoms with Gasteiger partial charge in [0.2, 0.25) is 0 Å². The predicted octanol–water partition coefficient (Wildman–Crippen LogP) is -1.52. The number of hydrogen-bond donors (Lipinski definition) is 4. The van der Waals surface area contributed by atoms with Crippen molar-refractivity contribution in [2.24, 2.45) is 5.92 Å². The Hall–Kier alpha value is -0.200. The molecule has 1 saturated heterocycles. The third-order valence-electron chi connectivity index (χ3n) is 2.59. The second kappa shape index (κ2) is 4.55. The first kappa shape index (κ1) is 11.9. The minimum atomic E-state index is -1.26. The Morgan fingerprint density at radius 1 is 1.07 bits per heavy atom. The first-order valence-electron chi connectivity index (χ1n) is 4.79. The lowest BCUT2D eigenvalue weighted by Crippen LogP contribution is -2.59. The zero-order valence-electron chi connectivity index (χ0n) is 8.37. The molecule has 0 aromatic rings. The summed E-state index contributed by atoms with van der Waals surface area (Å²) in [6.45, 7) is 3.31. The number of ether oxygens (including phenoxy) is 1. The Balaban J connectivity index is 2.73. The lowest BCUT2D eigenvalue weighted by atomic mass is 9.90. The molecule has 0 amide bonds. The minimum absolute atomic E-state index is 0.0150. The SMILES string of the molecule is CC(C)[C@H]1OC(CO)[C@@H](O)[C@H](O)C1O.